The molecule has 114 valence electrons. The Kier molecular flexibility index (Phi) is 6.39. The van der Waals surface area contributed by atoms with Gasteiger partial charge in [-0.1, -0.05) is 44.2 Å². The molecule has 2 rings (SSSR count). The molecule has 1 atom stereocenters. The normalized spacial score (nSPS) is 11.8. The van der Waals surface area contributed by atoms with E-state index in [2.05, 4.69) is 15.5 Å². The van der Waals surface area contributed by atoms with Crippen molar-refractivity contribution in [3.8, 4) is 11.3 Å². The lowest BCUT2D eigenvalue weighted by Gasteiger charge is -2.14. The van der Waals surface area contributed by atoms with Gasteiger partial charge in [-0.3, -0.25) is 9.89 Å². The molecule has 0 aliphatic rings. The minimum Gasteiger partial charge on any atom is -0.349 e. The summed E-state index contributed by atoms with van der Waals surface area (Å²) in [6.45, 7) is 4.25. The van der Waals surface area contributed by atoms with E-state index in [0.717, 1.165) is 17.0 Å². The largest absolute Gasteiger partial charge is 0.349 e. The number of nitrogens with one attached hydrogen (secondary N) is 2. The van der Waals surface area contributed by atoms with Crippen LogP contribution in [-0.4, -0.2) is 22.1 Å². The molecule has 5 nitrogen and oxygen atoms in total. The molecule has 0 aliphatic carbocycles. The van der Waals surface area contributed by atoms with Gasteiger partial charge in [-0.05, 0) is 12.0 Å². The van der Waals surface area contributed by atoms with Crippen LogP contribution in [0, 0.1) is 5.92 Å². The molecule has 0 unspecified atom stereocenters. The summed E-state index contributed by atoms with van der Waals surface area (Å²) in [5, 5.41) is 9.97. The molecule has 21 heavy (non-hydrogen) atoms. The number of aromatic amines is 1. The molecule has 1 amide bonds. The van der Waals surface area contributed by atoms with Crippen LogP contribution >= 0.6 is 12.4 Å². The van der Waals surface area contributed by atoms with Gasteiger partial charge in [0.25, 0.3) is 0 Å². The zero-order chi connectivity index (χ0) is 14.5. The molecule has 6 heteroatoms. The maximum absolute atomic E-state index is 11.8. The molecule has 0 fully saturated rings. The summed E-state index contributed by atoms with van der Waals surface area (Å²) < 4.78 is 0. The fourth-order valence-electron chi connectivity index (χ4n) is 1.81. The number of amides is 1. The molecular formula is C15H21ClN4O. The first-order valence-corrected chi connectivity index (χ1v) is 6.71. The summed E-state index contributed by atoms with van der Waals surface area (Å²) >= 11 is 0. The second kappa shape index (κ2) is 7.81. The van der Waals surface area contributed by atoms with Gasteiger partial charge < -0.3 is 11.1 Å². The topological polar surface area (TPSA) is 83.8 Å². The van der Waals surface area contributed by atoms with Crippen molar-refractivity contribution >= 4 is 18.3 Å². The maximum Gasteiger partial charge on any atom is 0.237 e. The second-order valence-corrected chi connectivity index (χ2v) is 5.13. The molecule has 0 bridgehead atoms. The van der Waals surface area contributed by atoms with Gasteiger partial charge in [0.1, 0.15) is 0 Å². The highest BCUT2D eigenvalue weighted by Crippen LogP contribution is 2.16. The van der Waals surface area contributed by atoms with Crippen molar-refractivity contribution < 1.29 is 4.79 Å². The summed E-state index contributed by atoms with van der Waals surface area (Å²) in [5.41, 5.74) is 8.54. The Morgan fingerprint density at radius 1 is 1.33 bits per heavy atom. The summed E-state index contributed by atoms with van der Waals surface area (Å²) in [6.07, 6.45) is 0. The van der Waals surface area contributed by atoms with E-state index in [1.807, 2.05) is 50.2 Å². The molecule has 2 aromatic rings. The van der Waals surface area contributed by atoms with Crippen molar-refractivity contribution in [1.82, 2.24) is 15.5 Å². The number of aromatic nitrogens is 2. The molecule has 1 aromatic carbocycles. The first kappa shape index (κ1) is 17.2. The quantitative estimate of drug-likeness (QED) is 0.791. The van der Waals surface area contributed by atoms with Gasteiger partial charge in [0.05, 0.1) is 24.0 Å². The van der Waals surface area contributed by atoms with Gasteiger partial charge >= 0.3 is 0 Å². The summed E-state index contributed by atoms with van der Waals surface area (Å²) in [7, 11) is 0. The number of carbonyl (C=O) groups is 1. The van der Waals surface area contributed by atoms with Crippen molar-refractivity contribution in [2.45, 2.75) is 26.4 Å². The van der Waals surface area contributed by atoms with Crippen LogP contribution in [0.15, 0.2) is 36.4 Å². The van der Waals surface area contributed by atoms with E-state index < -0.39 is 6.04 Å². The maximum atomic E-state index is 11.8. The van der Waals surface area contributed by atoms with E-state index in [1.165, 1.54) is 0 Å². The predicted molar refractivity (Wildman–Crippen MR) is 85.9 cm³/mol. The first-order chi connectivity index (χ1) is 9.58. The highest BCUT2D eigenvalue weighted by Gasteiger charge is 2.16. The number of nitrogens with two attached hydrogens (primary N) is 1. The van der Waals surface area contributed by atoms with E-state index in [0.29, 0.717) is 6.54 Å². The van der Waals surface area contributed by atoms with E-state index >= 15 is 0 Å². The Balaban J connectivity index is 0.00000220. The number of nitrogens with zero attached hydrogens (tertiary/aromatic N) is 1. The number of carbonyl (C=O) groups excluding carboxylic acids is 1. The van der Waals surface area contributed by atoms with Crippen LogP contribution < -0.4 is 11.1 Å². The van der Waals surface area contributed by atoms with E-state index in [4.69, 9.17) is 5.73 Å². The molecule has 1 heterocycles. The van der Waals surface area contributed by atoms with Crippen molar-refractivity contribution in [3.63, 3.8) is 0 Å². The SMILES string of the molecule is CC(C)[C@@H](N)C(=O)NCc1cc(-c2ccccc2)n[nH]1.Cl. The van der Waals surface area contributed by atoms with E-state index in [-0.39, 0.29) is 24.2 Å². The van der Waals surface area contributed by atoms with Gasteiger partial charge in [-0.2, -0.15) is 5.10 Å². The van der Waals surface area contributed by atoms with Crippen LogP contribution in [0.25, 0.3) is 11.3 Å². The number of hydrogen-bond acceptors (Lipinski definition) is 3. The van der Waals surface area contributed by atoms with Crippen molar-refractivity contribution in [1.29, 1.82) is 0 Å². The zero-order valence-corrected chi connectivity index (χ0v) is 13.0. The van der Waals surface area contributed by atoms with E-state index in [9.17, 15) is 4.79 Å². The third-order valence-corrected chi connectivity index (χ3v) is 3.17. The number of hydrogen-bond donors (Lipinski definition) is 3. The molecule has 1 aromatic heterocycles. The highest BCUT2D eigenvalue weighted by molar-refractivity contribution is 5.85. The third-order valence-electron chi connectivity index (χ3n) is 3.17. The Hall–Kier alpha value is -1.85. The smallest absolute Gasteiger partial charge is 0.237 e. The third kappa shape index (κ3) is 4.58. The van der Waals surface area contributed by atoms with Crippen LogP contribution in [0.4, 0.5) is 0 Å². The Morgan fingerprint density at radius 2 is 2.00 bits per heavy atom. The van der Waals surface area contributed by atoms with Crippen LogP contribution in [-0.2, 0) is 11.3 Å². The zero-order valence-electron chi connectivity index (χ0n) is 12.2. The minimum atomic E-state index is -0.480. The highest BCUT2D eigenvalue weighted by atomic mass is 35.5. The average molecular weight is 309 g/mol. The number of H-pyrrole nitrogens is 1. The fourth-order valence-corrected chi connectivity index (χ4v) is 1.81. The molecule has 0 saturated carbocycles. The van der Waals surface area contributed by atoms with Crippen LogP contribution in [0.3, 0.4) is 0 Å². The lowest BCUT2D eigenvalue weighted by Crippen LogP contribution is -2.43. The number of benzene rings is 1. The first-order valence-electron chi connectivity index (χ1n) is 6.71. The monoisotopic (exact) mass is 308 g/mol. The average Bonchev–Trinajstić information content (AvgIpc) is 2.93. The summed E-state index contributed by atoms with van der Waals surface area (Å²) in [4.78, 5) is 11.8. The molecule has 0 saturated heterocycles. The van der Waals surface area contributed by atoms with Crippen LogP contribution in [0.1, 0.15) is 19.5 Å². The van der Waals surface area contributed by atoms with Gasteiger partial charge in [-0.15, -0.1) is 12.4 Å². The number of rotatable bonds is 5. The van der Waals surface area contributed by atoms with Gasteiger partial charge in [0.15, 0.2) is 0 Å². The summed E-state index contributed by atoms with van der Waals surface area (Å²) in [6, 6.07) is 11.3. The fraction of sp³-hybridized carbons (Fsp3) is 0.333. The second-order valence-electron chi connectivity index (χ2n) is 5.13. The Labute approximate surface area is 130 Å². The Bertz CT molecular complexity index is 568. The molecule has 0 spiro atoms. The predicted octanol–water partition coefficient (Wildman–Crippen LogP) is 2.10. The van der Waals surface area contributed by atoms with Crippen LogP contribution in [0.2, 0.25) is 0 Å². The van der Waals surface area contributed by atoms with Gasteiger partial charge in [0.2, 0.25) is 5.91 Å². The van der Waals surface area contributed by atoms with Gasteiger partial charge in [-0.25, -0.2) is 0 Å². The van der Waals surface area contributed by atoms with Crippen molar-refractivity contribution in [2.75, 3.05) is 0 Å². The molecular weight excluding hydrogens is 288 g/mol. The minimum absolute atomic E-state index is 0. The van der Waals surface area contributed by atoms with Gasteiger partial charge in [0, 0.05) is 5.56 Å². The van der Waals surface area contributed by atoms with Crippen molar-refractivity contribution in [2.24, 2.45) is 11.7 Å². The molecule has 0 aliphatic heterocycles. The summed E-state index contributed by atoms with van der Waals surface area (Å²) in [5.74, 6) is -0.0208. The lowest BCUT2D eigenvalue weighted by atomic mass is 10.1. The van der Waals surface area contributed by atoms with Crippen molar-refractivity contribution in [3.05, 3.63) is 42.1 Å². The number of halogens is 1. The van der Waals surface area contributed by atoms with E-state index in [1.54, 1.807) is 0 Å². The standard InChI is InChI=1S/C15H20N4O.ClH/c1-10(2)14(16)15(20)17-9-12-8-13(19-18-12)11-6-4-3-5-7-11;/h3-8,10,14H,9,16H2,1-2H3,(H,17,20)(H,18,19);1H/t14-;/m1./s1. The van der Waals surface area contributed by atoms with Crippen LogP contribution in [0.5, 0.6) is 0 Å². The lowest BCUT2D eigenvalue weighted by molar-refractivity contribution is -0.123. The molecule has 0 radical (unpaired) electrons. The molecule has 4 N–H and O–H groups in total. The Morgan fingerprint density at radius 3 is 2.62 bits per heavy atom.